The number of carbonyl (C=O) groups is 2. The third-order valence-corrected chi connectivity index (χ3v) is 7.41. The van der Waals surface area contributed by atoms with Gasteiger partial charge in [-0.15, -0.1) is 19.3 Å². The van der Waals surface area contributed by atoms with E-state index in [0.29, 0.717) is 16.5 Å². The van der Waals surface area contributed by atoms with Crippen LogP contribution in [0, 0.1) is 47.1 Å². The molecule has 48 heavy (non-hydrogen) atoms. The van der Waals surface area contributed by atoms with Crippen LogP contribution in [0.2, 0.25) is 0 Å². The number of rotatable bonds is 7. The maximum atomic E-state index is 11.2. The number of carboxylic acid groups (broad SMARTS) is 2. The maximum absolute atomic E-state index is 11.2. The second-order valence-electron chi connectivity index (χ2n) is 10.5. The first-order valence-corrected chi connectivity index (χ1v) is 14.3. The van der Waals surface area contributed by atoms with Crippen LogP contribution >= 0.6 is 0 Å². The van der Waals surface area contributed by atoms with E-state index in [-0.39, 0.29) is 24.1 Å². The molecule has 0 spiro atoms. The van der Waals surface area contributed by atoms with Crippen LogP contribution in [0.5, 0.6) is 0 Å². The number of nitrogens with two attached hydrogens (primary N) is 2. The van der Waals surface area contributed by atoms with Crippen LogP contribution in [-0.4, -0.2) is 54.1 Å². The fourth-order valence-corrected chi connectivity index (χ4v) is 4.97. The van der Waals surface area contributed by atoms with Crippen molar-refractivity contribution in [2.45, 2.75) is 24.9 Å². The number of carboxylic acids is 2. The Balaban J connectivity index is 0.000000169. The van der Waals surface area contributed by atoms with Gasteiger partial charge in [0, 0.05) is 64.4 Å². The number of H-pyrrole nitrogens is 3. The van der Waals surface area contributed by atoms with Gasteiger partial charge >= 0.3 is 11.9 Å². The summed E-state index contributed by atoms with van der Waals surface area (Å²) in [5.41, 5.74) is 16.5. The molecule has 0 bridgehead atoms. The number of nitrogens with one attached hydrogen (secondary N) is 3. The molecule has 12 nitrogen and oxygen atoms in total. The van der Waals surface area contributed by atoms with E-state index in [9.17, 15) is 19.7 Å². The number of aromatic nitrogens is 3. The molecule has 9 N–H and O–H groups in total. The zero-order chi connectivity index (χ0) is 35.0. The number of nitrogens with zero attached hydrogens (tertiary/aromatic N) is 1. The van der Waals surface area contributed by atoms with Crippen molar-refractivity contribution in [3.63, 3.8) is 0 Å². The molecule has 2 unspecified atom stereocenters. The zero-order valence-corrected chi connectivity index (χ0v) is 25.4. The lowest BCUT2D eigenvalue weighted by molar-refractivity contribution is -0.383. The SMILES string of the molecule is C#Cc1ccc2[nH]cc(CC(N)C(=O)O)c2c1.C#Cc1ccc2[nH]cc(CC(N)C(=O)O)c2c1[N+](=O)[O-].C#Cc1ccc2[nH]ccc2c1. The van der Waals surface area contributed by atoms with Crippen LogP contribution in [0.25, 0.3) is 32.7 Å². The van der Waals surface area contributed by atoms with Crippen molar-refractivity contribution >= 4 is 50.3 Å². The predicted molar refractivity (Wildman–Crippen MR) is 184 cm³/mol. The van der Waals surface area contributed by atoms with Crippen LogP contribution in [0.15, 0.2) is 73.2 Å². The molecule has 0 aliphatic carbocycles. The molecule has 3 heterocycles. The fraction of sp³-hybridized carbons (Fsp3) is 0.111. The first-order valence-electron chi connectivity index (χ1n) is 14.3. The lowest BCUT2D eigenvalue weighted by Gasteiger charge is -2.05. The predicted octanol–water partition coefficient (Wildman–Crippen LogP) is 4.26. The van der Waals surface area contributed by atoms with Gasteiger partial charge in [0.2, 0.25) is 0 Å². The van der Waals surface area contributed by atoms with Gasteiger partial charge in [0.1, 0.15) is 17.6 Å². The van der Waals surface area contributed by atoms with Crippen molar-refractivity contribution in [1.29, 1.82) is 0 Å². The molecule has 12 heteroatoms. The second kappa shape index (κ2) is 15.0. The van der Waals surface area contributed by atoms with E-state index in [1.165, 1.54) is 17.6 Å². The number of aliphatic carboxylic acids is 2. The molecule has 0 fully saturated rings. The smallest absolute Gasteiger partial charge is 0.320 e. The molecule has 6 aromatic rings. The van der Waals surface area contributed by atoms with Gasteiger partial charge < -0.3 is 36.6 Å². The monoisotopic (exact) mass is 642 g/mol. The number of aromatic amines is 3. The summed E-state index contributed by atoms with van der Waals surface area (Å²) in [4.78, 5) is 41.2. The number of hydrogen-bond donors (Lipinski definition) is 7. The molecule has 6 rings (SSSR count). The van der Waals surface area contributed by atoms with Gasteiger partial charge in [-0.25, -0.2) is 0 Å². The lowest BCUT2D eigenvalue weighted by Crippen LogP contribution is -2.32. The normalized spacial score (nSPS) is 11.6. The van der Waals surface area contributed by atoms with E-state index in [1.54, 1.807) is 12.3 Å². The molecule has 0 aliphatic rings. The van der Waals surface area contributed by atoms with Gasteiger partial charge in [-0.05, 0) is 65.7 Å². The van der Waals surface area contributed by atoms with Gasteiger partial charge in [0.15, 0.2) is 0 Å². The molecule has 2 atom stereocenters. The van der Waals surface area contributed by atoms with Crippen molar-refractivity contribution < 1.29 is 24.7 Å². The van der Waals surface area contributed by atoms with E-state index in [0.717, 1.165) is 33.1 Å². The highest BCUT2D eigenvalue weighted by Crippen LogP contribution is 2.32. The van der Waals surface area contributed by atoms with Crippen LogP contribution in [-0.2, 0) is 22.4 Å². The van der Waals surface area contributed by atoms with Crippen molar-refractivity contribution in [1.82, 2.24) is 15.0 Å². The Labute approximate surface area is 274 Å². The Morgan fingerprint density at radius 1 is 0.771 bits per heavy atom. The molecule has 0 aliphatic heterocycles. The quantitative estimate of drug-likeness (QED) is 0.0756. The molecule has 3 aromatic carbocycles. The van der Waals surface area contributed by atoms with E-state index in [1.807, 2.05) is 48.7 Å². The van der Waals surface area contributed by atoms with Crippen LogP contribution in [0.4, 0.5) is 5.69 Å². The number of terminal acetylenes is 3. The number of nitro benzene ring substituents is 1. The van der Waals surface area contributed by atoms with E-state index < -0.39 is 28.9 Å². The molecular formula is C36H30N6O6. The van der Waals surface area contributed by atoms with Crippen molar-refractivity contribution in [3.05, 3.63) is 111 Å². The summed E-state index contributed by atoms with van der Waals surface area (Å²) in [5.74, 6) is 5.23. The van der Waals surface area contributed by atoms with Crippen LogP contribution < -0.4 is 11.5 Å². The molecule has 0 radical (unpaired) electrons. The zero-order valence-electron chi connectivity index (χ0n) is 25.4. The third-order valence-electron chi connectivity index (χ3n) is 7.41. The van der Waals surface area contributed by atoms with Gasteiger partial charge in [-0.3, -0.25) is 19.7 Å². The van der Waals surface area contributed by atoms with Crippen molar-refractivity contribution in [2.24, 2.45) is 11.5 Å². The molecular weight excluding hydrogens is 612 g/mol. The summed E-state index contributed by atoms with van der Waals surface area (Å²) in [6, 6.07) is 14.5. The Hall–Kier alpha value is -6.78. The molecule has 0 amide bonds. The summed E-state index contributed by atoms with van der Waals surface area (Å²) in [6.07, 6.45) is 21.3. The van der Waals surface area contributed by atoms with Crippen LogP contribution in [0.1, 0.15) is 27.8 Å². The number of benzene rings is 3. The average molecular weight is 643 g/mol. The first kappa shape index (κ1) is 34.1. The minimum atomic E-state index is -1.17. The average Bonchev–Trinajstić information content (AvgIpc) is 3.82. The summed E-state index contributed by atoms with van der Waals surface area (Å²) in [6.45, 7) is 0. The van der Waals surface area contributed by atoms with Crippen molar-refractivity contribution in [2.75, 3.05) is 0 Å². The Morgan fingerprint density at radius 2 is 1.33 bits per heavy atom. The van der Waals surface area contributed by atoms with E-state index in [4.69, 9.17) is 41.0 Å². The minimum Gasteiger partial charge on any atom is -0.480 e. The fourth-order valence-electron chi connectivity index (χ4n) is 4.97. The van der Waals surface area contributed by atoms with Crippen molar-refractivity contribution in [3.8, 4) is 37.0 Å². The Bertz CT molecular complexity index is 2270. The molecule has 0 saturated carbocycles. The van der Waals surface area contributed by atoms with E-state index in [2.05, 4.69) is 32.7 Å². The van der Waals surface area contributed by atoms with Gasteiger partial charge in [0.25, 0.3) is 5.69 Å². The lowest BCUT2D eigenvalue weighted by atomic mass is 10.0. The highest BCUT2D eigenvalue weighted by molar-refractivity contribution is 5.95. The number of hydrogen-bond acceptors (Lipinski definition) is 6. The number of nitro groups is 1. The summed E-state index contributed by atoms with van der Waals surface area (Å²) < 4.78 is 0. The van der Waals surface area contributed by atoms with Gasteiger partial charge in [0.05, 0.1) is 15.8 Å². The highest BCUT2D eigenvalue weighted by Gasteiger charge is 2.23. The standard InChI is InChI=1S/C13H11N3O4.C13H12N2O2.C10H7N/c1-2-7-3-4-10-11(12(7)16(19)20)8(6-15-10)5-9(14)13(17)18;1-2-8-3-4-12-10(5-8)9(7-15-12)6-11(14)13(16)17;1-2-8-3-4-10-9(7-8)5-6-11-10/h1,3-4,6,9,15H,5,14H2,(H,17,18);1,3-5,7,11,15H,6,14H2,(H,16,17);1,3-7,11H. The Morgan fingerprint density at radius 3 is 1.94 bits per heavy atom. The summed E-state index contributed by atoms with van der Waals surface area (Å²) in [5, 5.41) is 31.2. The Kier molecular flexibility index (Phi) is 10.7. The highest BCUT2D eigenvalue weighted by atomic mass is 16.6. The minimum absolute atomic E-state index is 0.0236. The molecule has 3 aromatic heterocycles. The first-order chi connectivity index (χ1) is 23.0. The molecule has 0 saturated heterocycles. The van der Waals surface area contributed by atoms with Gasteiger partial charge in [-0.1, -0.05) is 17.8 Å². The second-order valence-corrected chi connectivity index (χ2v) is 10.5. The summed E-state index contributed by atoms with van der Waals surface area (Å²) in [7, 11) is 0. The number of fused-ring (bicyclic) bond motifs is 3. The molecule has 240 valence electrons. The third kappa shape index (κ3) is 7.71. The largest absolute Gasteiger partial charge is 0.480 e. The van der Waals surface area contributed by atoms with Gasteiger partial charge in [-0.2, -0.15) is 0 Å². The summed E-state index contributed by atoms with van der Waals surface area (Å²) >= 11 is 0. The topological polar surface area (TPSA) is 217 Å². The maximum Gasteiger partial charge on any atom is 0.320 e. The van der Waals surface area contributed by atoms with E-state index >= 15 is 0 Å². The van der Waals surface area contributed by atoms with Crippen LogP contribution in [0.3, 0.4) is 0 Å².